The molecule has 1 atom stereocenters. The van der Waals surface area contributed by atoms with E-state index in [0.29, 0.717) is 28.7 Å². The number of carbonyl (C=O) groups excluding carboxylic acids is 1. The summed E-state index contributed by atoms with van der Waals surface area (Å²) in [4.78, 5) is 12.8. The highest BCUT2D eigenvalue weighted by molar-refractivity contribution is 6.32. The van der Waals surface area contributed by atoms with Crippen molar-refractivity contribution in [3.63, 3.8) is 0 Å². The first-order valence-electron chi connectivity index (χ1n) is 8.73. The number of fused-ring (bicyclic) bond motifs is 1. The molecule has 1 amide bonds. The highest BCUT2D eigenvalue weighted by Crippen LogP contribution is 2.37. The minimum Gasteiger partial charge on any atom is -0.493 e. The molecule has 26 heavy (non-hydrogen) atoms. The van der Waals surface area contributed by atoms with Crippen LogP contribution in [-0.4, -0.2) is 19.6 Å². The van der Waals surface area contributed by atoms with Gasteiger partial charge in [-0.3, -0.25) is 4.79 Å². The Balaban J connectivity index is 1.84. The lowest BCUT2D eigenvalue weighted by molar-refractivity contribution is 0.0932. The summed E-state index contributed by atoms with van der Waals surface area (Å²) in [6, 6.07) is 9.09. The van der Waals surface area contributed by atoms with Gasteiger partial charge in [-0.05, 0) is 61.6 Å². The van der Waals surface area contributed by atoms with E-state index in [2.05, 4.69) is 5.32 Å². The third-order valence-corrected chi connectivity index (χ3v) is 4.85. The van der Waals surface area contributed by atoms with Gasteiger partial charge in [0.2, 0.25) is 0 Å². The number of ether oxygens (including phenoxy) is 2. The number of anilines is 1. The van der Waals surface area contributed by atoms with Gasteiger partial charge < -0.3 is 20.5 Å². The van der Waals surface area contributed by atoms with Crippen molar-refractivity contribution in [3.05, 3.63) is 52.0 Å². The number of benzene rings is 2. The van der Waals surface area contributed by atoms with Crippen molar-refractivity contribution < 1.29 is 14.3 Å². The van der Waals surface area contributed by atoms with Gasteiger partial charge >= 0.3 is 0 Å². The molecule has 0 fully saturated rings. The zero-order valence-corrected chi connectivity index (χ0v) is 15.7. The minimum atomic E-state index is -0.192. The van der Waals surface area contributed by atoms with E-state index in [0.717, 1.165) is 30.5 Å². The van der Waals surface area contributed by atoms with Crippen LogP contribution in [0.5, 0.6) is 11.5 Å². The van der Waals surface area contributed by atoms with Crippen molar-refractivity contribution in [2.75, 3.05) is 19.5 Å². The first-order chi connectivity index (χ1) is 12.5. The molecule has 0 saturated heterocycles. The van der Waals surface area contributed by atoms with Gasteiger partial charge in [-0.25, -0.2) is 0 Å². The summed E-state index contributed by atoms with van der Waals surface area (Å²) in [5, 5.41) is 3.46. The van der Waals surface area contributed by atoms with Gasteiger partial charge in [0.25, 0.3) is 5.91 Å². The monoisotopic (exact) mass is 374 g/mol. The quantitative estimate of drug-likeness (QED) is 0.771. The largest absolute Gasteiger partial charge is 0.493 e. The second-order valence-electron chi connectivity index (χ2n) is 6.30. The lowest BCUT2D eigenvalue weighted by atomic mass is 9.87. The molecule has 0 aromatic heterocycles. The fraction of sp³-hybridized carbons (Fsp3) is 0.350. The highest BCUT2D eigenvalue weighted by Gasteiger charge is 2.23. The normalized spacial score (nSPS) is 15.9. The first kappa shape index (κ1) is 18.4. The van der Waals surface area contributed by atoms with Gasteiger partial charge in [0.1, 0.15) is 0 Å². The first-order valence-corrected chi connectivity index (χ1v) is 9.10. The Hall–Kier alpha value is -2.40. The Kier molecular flexibility index (Phi) is 5.57. The van der Waals surface area contributed by atoms with Crippen molar-refractivity contribution in [1.29, 1.82) is 0 Å². The number of methoxy groups -OCH3 is 1. The van der Waals surface area contributed by atoms with Gasteiger partial charge in [-0.15, -0.1) is 0 Å². The summed E-state index contributed by atoms with van der Waals surface area (Å²) in [5.41, 5.74) is 9.40. The maximum absolute atomic E-state index is 12.8. The fourth-order valence-corrected chi connectivity index (χ4v) is 3.63. The van der Waals surface area contributed by atoms with Crippen LogP contribution in [0.15, 0.2) is 30.3 Å². The van der Waals surface area contributed by atoms with Crippen LogP contribution in [0.1, 0.15) is 47.3 Å². The number of hydrogen-bond donors (Lipinski definition) is 2. The predicted octanol–water partition coefficient (Wildman–Crippen LogP) is 4.14. The summed E-state index contributed by atoms with van der Waals surface area (Å²) in [6.45, 7) is 2.33. The van der Waals surface area contributed by atoms with Crippen molar-refractivity contribution in [1.82, 2.24) is 5.32 Å². The number of nitrogens with two attached hydrogens (primary N) is 1. The number of aryl methyl sites for hydroxylation is 1. The van der Waals surface area contributed by atoms with Crippen molar-refractivity contribution in [2.45, 2.75) is 32.2 Å². The Morgan fingerprint density at radius 1 is 1.35 bits per heavy atom. The number of amides is 1. The van der Waals surface area contributed by atoms with E-state index in [1.54, 1.807) is 12.1 Å². The summed E-state index contributed by atoms with van der Waals surface area (Å²) in [5.74, 6) is 0.705. The third-order valence-electron chi connectivity index (χ3n) is 4.57. The molecular weight excluding hydrogens is 352 g/mol. The Morgan fingerprint density at radius 2 is 2.15 bits per heavy atom. The number of nitrogens with one attached hydrogen (secondary N) is 1. The van der Waals surface area contributed by atoms with Crippen molar-refractivity contribution in [3.8, 4) is 11.5 Å². The van der Waals surface area contributed by atoms with Gasteiger partial charge in [0.05, 0.1) is 24.8 Å². The number of halogens is 1. The van der Waals surface area contributed by atoms with Gasteiger partial charge in [-0.2, -0.15) is 0 Å². The van der Waals surface area contributed by atoms with Crippen LogP contribution in [0, 0.1) is 0 Å². The zero-order valence-electron chi connectivity index (χ0n) is 15.0. The lowest BCUT2D eigenvalue weighted by Crippen LogP contribution is -2.31. The maximum Gasteiger partial charge on any atom is 0.251 e. The SMILES string of the molecule is CCOc1c(Cl)cc(C(=O)NC2CCCc3cc(N)ccc32)cc1OC. The molecule has 0 heterocycles. The molecule has 3 rings (SSSR count). The third kappa shape index (κ3) is 3.73. The Bertz CT molecular complexity index is 823. The molecule has 0 radical (unpaired) electrons. The fourth-order valence-electron chi connectivity index (χ4n) is 3.36. The molecule has 0 bridgehead atoms. The molecule has 3 N–H and O–H groups in total. The van der Waals surface area contributed by atoms with Crippen LogP contribution < -0.4 is 20.5 Å². The average Bonchev–Trinajstić information content (AvgIpc) is 2.63. The molecule has 6 heteroatoms. The standard InChI is InChI=1S/C20H23ClN2O3/c1-3-26-19-16(21)10-13(11-18(19)25-2)20(24)23-17-6-4-5-12-9-14(22)7-8-15(12)17/h7-11,17H,3-6,22H2,1-2H3,(H,23,24). The van der Waals surface area contributed by atoms with Crippen molar-refractivity contribution in [2.24, 2.45) is 0 Å². The van der Waals surface area contributed by atoms with E-state index < -0.39 is 0 Å². The molecule has 5 nitrogen and oxygen atoms in total. The summed E-state index contributed by atoms with van der Waals surface area (Å²) in [7, 11) is 1.53. The molecular formula is C20H23ClN2O3. The lowest BCUT2D eigenvalue weighted by Gasteiger charge is -2.27. The highest BCUT2D eigenvalue weighted by atomic mass is 35.5. The number of carbonyl (C=O) groups is 1. The maximum atomic E-state index is 12.8. The van der Waals surface area contributed by atoms with Gasteiger partial charge in [0.15, 0.2) is 11.5 Å². The number of nitrogen functional groups attached to an aromatic ring is 1. The van der Waals surface area contributed by atoms with Gasteiger partial charge in [-0.1, -0.05) is 17.7 Å². The zero-order chi connectivity index (χ0) is 18.7. The molecule has 1 aliphatic rings. The molecule has 1 aliphatic carbocycles. The van der Waals surface area contributed by atoms with Crippen LogP contribution in [0.3, 0.4) is 0 Å². The molecule has 0 aliphatic heterocycles. The topological polar surface area (TPSA) is 73.6 Å². The van der Waals surface area contributed by atoms with Crippen molar-refractivity contribution >= 4 is 23.2 Å². The van der Waals surface area contributed by atoms with Gasteiger partial charge in [0, 0.05) is 11.3 Å². The van der Waals surface area contributed by atoms with E-state index >= 15 is 0 Å². The second kappa shape index (κ2) is 7.87. The van der Waals surface area contributed by atoms with Crippen LogP contribution in [-0.2, 0) is 6.42 Å². The summed E-state index contributed by atoms with van der Waals surface area (Å²) < 4.78 is 10.8. The van der Waals surface area contributed by atoms with E-state index in [9.17, 15) is 4.79 Å². The number of rotatable bonds is 5. The van der Waals surface area contributed by atoms with E-state index in [4.69, 9.17) is 26.8 Å². The molecule has 138 valence electrons. The van der Waals surface area contributed by atoms with Crippen LogP contribution in [0.2, 0.25) is 5.02 Å². The molecule has 0 spiro atoms. The predicted molar refractivity (Wildman–Crippen MR) is 103 cm³/mol. The smallest absolute Gasteiger partial charge is 0.251 e. The van der Waals surface area contributed by atoms with Crippen LogP contribution in [0.25, 0.3) is 0 Å². The average molecular weight is 375 g/mol. The Labute approximate surface area is 158 Å². The van der Waals surface area contributed by atoms with E-state index in [1.165, 1.54) is 12.7 Å². The minimum absolute atomic E-state index is 0.0387. The van der Waals surface area contributed by atoms with E-state index in [1.807, 2.05) is 25.1 Å². The Morgan fingerprint density at radius 3 is 2.88 bits per heavy atom. The summed E-state index contributed by atoms with van der Waals surface area (Å²) >= 11 is 6.28. The molecule has 0 saturated carbocycles. The molecule has 1 unspecified atom stereocenters. The molecule has 2 aromatic rings. The van der Waals surface area contributed by atoms with Crippen LogP contribution in [0.4, 0.5) is 5.69 Å². The second-order valence-corrected chi connectivity index (χ2v) is 6.71. The summed E-state index contributed by atoms with van der Waals surface area (Å²) in [6.07, 6.45) is 2.88. The number of hydrogen-bond acceptors (Lipinski definition) is 4. The van der Waals surface area contributed by atoms with Crippen LogP contribution >= 0.6 is 11.6 Å². The van der Waals surface area contributed by atoms with E-state index in [-0.39, 0.29) is 11.9 Å². The molecule has 2 aromatic carbocycles.